The molecule has 46 heavy (non-hydrogen) atoms. The first-order chi connectivity index (χ1) is 21.9. The second-order valence-corrected chi connectivity index (χ2v) is 19.0. The number of hydrogen-bond donors (Lipinski definition) is 1. The van der Waals surface area contributed by atoms with E-state index in [1.807, 2.05) is 0 Å². The number of nitrogens with one attached hydrogen (secondary N) is 1. The van der Waals surface area contributed by atoms with E-state index in [4.69, 9.17) is 4.74 Å². The van der Waals surface area contributed by atoms with Crippen LogP contribution in [-0.2, 0) is 19.1 Å². The van der Waals surface area contributed by atoms with Crippen LogP contribution in [-0.4, -0.2) is 23.8 Å². The van der Waals surface area contributed by atoms with Crippen LogP contribution in [0.1, 0.15) is 149 Å². The van der Waals surface area contributed by atoms with Gasteiger partial charge in [0.25, 0.3) is 0 Å². The molecular formula is C39H60BrNO4S. The van der Waals surface area contributed by atoms with E-state index < -0.39 is 0 Å². The second kappa shape index (κ2) is 15.1. The van der Waals surface area contributed by atoms with E-state index in [1.165, 1.54) is 30.6 Å². The lowest BCUT2D eigenvalue weighted by Crippen LogP contribution is -2.59. The molecule has 4 saturated carbocycles. The number of fused-ring (bicyclic) bond motifs is 5. The number of unbranched alkanes of at least 4 members (excludes halogenated alkanes) is 4. The minimum Gasteiger partial charge on any atom is -0.462 e. The van der Waals surface area contributed by atoms with Crippen molar-refractivity contribution >= 4 is 44.9 Å². The minimum atomic E-state index is -0.0870. The van der Waals surface area contributed by atoms with E-state index in [0.717, 1.165) is 48.7 Å². The number of Topliss-reactive ketones (excluding diaryl/α,β-unsaturated/α-hetero) is 1. The number of esters is 1. The Hall–Kier alpha value is -1.21. The van der Waals surface area contributed by atoms with Gasteiger partial charge < -0.3 is 10.1 Å². The van der Waals surface area contributed by atoms with Gasteiger partial charge in [-0.2, -0.15) is 0 Å². The van der Waals surface area contributed by atoms with Gasteiger partial charge in [-0.3, -0.25) is 14.4 Å². The third kappa shape index (κ3) is 7.50. The molecule has 1 N–H and O–H groups in total. The molecule has 0 bridgehead atoms. The highest BCUT2D eigenvalue weighted by Gasteiger charge is 2.64. The first-order valence-electron chi connectivity index (χ1n) is 18.6. The molecule has 2 unspecified atom stereocenters. The number of carbonyl (C=O) groups excluding carboxylic acids is 3. The zero-order valence-corrected chi connectivity index (χ0v) is 31.8. The summed E-state index contributed by atoms with van der Waals surface area (Å²) in [6.45, 7) is 13.8. The Labute approximate surface area is 291 Å². The summed E-state index contributed by atoms with van der Waals surface area (Å²) < 4.78 is 7.60. The fourth-order valence-corrected chi connectivity index (χ4v) is 12.6. The fraction of sp³-hybridized carbons (Fsp3) is 0.821. The SMILES string of the molecule is CCCCCCCC(=O)O[C@@H]1C[C@@H]2CC(=O)CC[C@]2(C)[C@H]2CC[C@]3(C)C([C@H](C)CC(=O)NC(c4ccc(Br)s4)C(C)C)CC[C@H]3[C@H]12. The molecule has 0 aliphatic heterocycles. The number of hydrogen-bond acceptors (Lipinski definition) is 5. The van der Waals surface area contributed by atoms with Crippen molar-refractivity contribution in [2.75, 3.05) is 0 Å². The quantitative estimate of drug-likeness (QED) is 0.163. The standard InChI is InChI=1S/C39H60BrNO4S/c1-7-8-9-10-11-12-35(44)45-31-23-26-22-27(42)17-19-38(26,5)30-18-20-39(6)28(13-14-29(39)36(30)31)25(4)21-34(43)41-37(24(2)3)32-15-16-33(40)46-32/h15-16,24-26,28-31,36-37H,7-14,17-23H2,1-6H3,(H,41,43)/t25-,26+,28?,29+,30+,31-,36+,37?,38+,39-/m1/s1. The summed E-state index contributed by atoms with van der Waals surface area (Å²) in [6, 6.07) is 4.22. The van der Waals surface area contributed by atoms with Crippen molar-refractivity contribution in [2.45, 2.75) is 150 Å². The van der Waals surface area contributed by atoms with Crippen molar-refractivity contribution in [2.24, 2.45) is 52.3 Å². The average Bonchev–Trinajstić information content (AvgIpc) is 3.59. The van der Waals surface area contributed by atoms with Crippen LogP contribution in [0.3, 0.4) is 0 Å². The lowest BCUT2D eigenvalue weighted by atomic mass is 9.43. The summed E-state index contributed by atoms with van der Waals surface area (Å²) in [6.07, 6.45) is 14.4. The maximum Gasteiger partial charge on any atom is 0.306 e. The molecule has 4 aliphatic rings. The molecule has 7 heteroatoms. The molecule has 0 saturated heterocycles. The third-order valence-corrected chi connectivity index (χ3v) is 15.1. The Morgan fingerprint density at radius 1 is 1.02 bits per heavy atom. The number of amides is 1. The molecule has 1 heterocycles. The molecule has 4 aliphatic carbocycles. The molecule has 0 aromatic carbocycles. The van der Waals surface area contributed by atoms with Crippen LogP contribution < -0.4 is 5.32 Å². The van der Waals surface area contributed by atoms with Gasteiger partial charge in [-0.25, -0.2) is 0 Å². The van der Waals surface area contributed by atoms with E-state index in [0.29, 0.717) is 67.0 Å². The van der Waals surface area contributed by atoms with E-state index >= 15 is 0 Å². The van der Waals surface area contributed by atoms with Crippen molar-refractivity contribution in [3.8, 4) is 0 Å². The van der Waals surface area contributed by atoms with Crippen molar-refractivity contribution in [3.63, 3.8) is 0 Å². The van der Waals surface area contributed by atoms with Crippen LogP contribution in [0, 0.1) is 52.3 Å². The maximum absolute atomic E-state index is 13.5. The Balaban J connectivity index is 1.30. The second-order valence-electron chi connectivity index (χ2n) is 16.5. The Morgan fingerprint density at radius 2 is 1.76 bits per heavy atom. The lowest BCUT2D eigenvalue weighted by molar-refractivity contribution is -0.191. The molecule has 0 radical (unpaired) electrons. The summed E-state index contributed by atoms with van der Waals surface area (Å²) in [4.78, 5) is 40.7. The van der Waals surface area contributed by atoms with Crippen molar-refractivity contribution in [1.82, 2.24) is 5.32 Å². The van der Waals surface area contributed by atoms with Crippen LogP contribution in [0.2, 0.25) is 0 Å². The smallest absolute Gasteiger partial charge is 0.306 e. The average molecular weight is 719 g/mol. The minimum absolute atomic E-state index is 0.0266. The highest BCUT2D eigenvalue weighted by atomic mass is 79.9. The van der Waals surface area contributed by atoms with Gasteiger partial charge >= 0.3 is 5.97 Å². The summed E-state index contributed by atoms with van der Waals surface area (Å²) in [5, 5.41) is 3.39. The van der Waals surface area contributed by atoms with Crippen LogP contribution in [0.25, 0.3) is 0 Å². The van der Waals surface area contributed by atoms with Gasteiger partial charge in [0, 0.05) is 36.5 Å². The van der Waals surface area contributed by atoms with Crippen LogP contribution in [0.5, 0.6) is 0 Å². The van der Waals surface area contributed by atoms with Crippen LogP contribution in [0.4, 0.5) is 0 Å². The van der Waals surface area contributed by atoms with E-state index in [-0.39, 0.29) is 40.8 Å². The van der Waals surface area contributed by atoms with Gasteiger partial charge in [0.05, 0.1) is 9.83 Å². The van der Waals surface area contributed by atoms with E-state index in [1.54, 1.807) is 11.3 Å². The normalized spacial score (nSPS) is 35.2. The van der Waals surface area contributed by atoms with Gasteiger partial charge in [0.2, 0.25) is 5.91 Å². The van der Waals surface area contributed by atoms with Crippen molar-refractivity contribution in [1.29, 1.82) is 0 Å². The first-order valence-corrected chi connectivity index (χ1v) is 20.2. The van der Waals surface area contributed by atoms with Gasteiger partial charge in [-0.05, 0) is 119 Å². The zero-order chi connectivity index (χ0) is 33.2. The number of rotatable bonds is 13. The highest BCUT2D eigenvalue weighted by Crippen LogP contribution is 2.68. The number of carbonyl (C=O) groups is 3. The number of halogens is 1. The van der Waals surface area contributed by atoms with E-state index in [2.05, 4.69) is 74.9 Å². The Bertz CT molecular complexity index is 1230. The molecule has 4 fully saturated rings. The van der Waals surface area contributed by atoms with Crippen LogP contribution in [0.15, 0.2) is 15.9 Å². The molecule has 5 rings (SSSR count). The zero-order valence-electron chi connectivity index (χ0n) is 29.4. The number of ether oxygens (including phenoxy) is 1. The predicted molar refractivity (Wildman–Crippen MR) is 190 cm³/mol. The third-order valence-electron chi connectivity index (χ3n) is 13.4. The summed E-state index contributed by atoms with van der Waals surface area (Å²) in [5.41, 5.74) is 0.282. The molecule has 0 spiro atoms. The highest BCUT2D eigenvalue weighted by molar-refractivity contribution is 9.11. The Morgan fingerprint density at radius 3 is 2.46 bits per heavy atom. The first kappa shape index (κ1) is 36.1. The van der Waals surface area contributed by atoms with Crippen LogP contribution >= 0.6 is 27.3 Å². The Kier molecular flexibility index (Phi) is 11.9. The summed E-state index contributed by atoms with van der Waals surface area (Å²) >= 11 is 5.29. The maximum atomic E-state index is 13.5. The van der Waals surface area contributed by atoms with Gasteiger partial charge in [0.15, 0.2) is 0 Å². The topological polar surface area (TPSA) is 72.5 Å². The predicted octanol–water partition coefficient (Wildman–Crippen LogP) is 10.5. The number of thiophene rings is 1. The lowest BCUT2D eigenvalue weighted by Gasteiger charge is -2.62. The molecule has 5 nitrogen and oxygen atoms in total. The van der Waals surface area contributed by atoms with Crippen molar-refractivity contribution in [3.05, 3.63) is 20.8 Å². The molecule has 1 amide bonds. The monoisotopic (exact) mass is 717 g/mol. The molecule has 258 valence electrons. The largest absolute Gasteiger partial charge is 0.462 e. The van der Waals surface area contributed by atoms with Crippen molar-refractivity contribution < 1.29 is 19.1 Å². The summed E-state index contributed by atoms with van der Waals surface area (Å²) in [5.74, 6) is 3.25. The molecule has 1 aromatic rings. The summed E-state index contributed by atoms with van der Waals surface area (Å²) in [7, 11) is 0. The van der Waals surface area contributed by atoms with E-state index in [9.17, 15) is 14.4 Å². The molecule has 1 aromatic heterocycles. The van der Waals surface area contributed by atoms with Gasteiger partial charge in [-0.1, -0.05) is 67.2 Å². The molecular weight excluding hydrogens is 658 g/mol. The fourth-order valence-electron chi connectivity index (χ4n) is 10.9. The van der Waals surface area contributed by atoms with Gasteiger partial charge in [0.1, 0.15) is 11.9 Å². The number of ketones is 1. The van der Waals surface area contributed by atoms with Gasteiger partial charge in [-0.15, -0.1) is 11.3 Å². The molecule has 10 atom stereocenters.